The molecule has 1 rings (SSSR count). The number of amides is 1. The lowest BCUT2D eigenvalue weighted by Gasteiger charge is -2.06. The van der Waals surface area contributed by atoms with Crippen LogP contribution in [0.1, 0.15) is 26.2 Å². The van der Waals surface area contributed by atoms with E-state index in [2.05, 4.69) is 5.32 Å². The molecule has 0 saturated heterocycles. The van der Waals surface area contributed by atoms with E-state index in [1.165, 1.54) is 12.1 Å². The molecular weight excluding hydrogens is 214 g/mol. The molecule has 1 aromatic carbocycles. The van der Waals surface area contributed by atoms with Crippen molar-refractivity contribution in [1.82, 2.24) is 0 Å². The van der Waals surface area contributed by atoms with Gasteiger partial charge in [-0.05, 0) is 18.6 Å². The normalized spacial score (nSPS) is 10.0. The maximum atomic E-state index is 11.4. The molecule has 0 fully saturated rings. The fourth-order valence-electron chi connectivity index (χ4n) is 1.16. The number of hydrogen-bond acceptors (Lipinski definition) is 2. The van der Waals surface area contributed by atoms with Crippen LogP contribution in [0.15, 0.2) is 18.2 Å². The minimum Gasteiger partial charge on any atom is -0.508 e. The van der Waals surface area contributed by atoms with Gasteiger partial charge in [0, 0.05) is 12.5 Å². The van der Waals surface area contributed by atoms with Gasteiger partial charge < -0.3 is 10.4 Å². The number of anilines is 1. The third kappa shape index (κ3) is 3.80. The number of hydrogen-bond donors (Lipinski definition) is 2. The predicted octanol–water partition coefficient (Wildman–Crippen LogP) is 3.17. The molecule has 0 aliphatic carbocycles. The van der Waals surface area contributed by atoms with Crippen molar-refractivity contribution < 1.29 is 9.90 Å². The molecule has 0 atom stereocenters. The lowest BCUT2D eigenvalue weighted by molar-refractivity contribution is -0.116. The molecule has 1 amide bonds. The Bertz CT molecular complexity index is 352. The number of halogens is 1. The average Bonchev–Trinajstić information content (AvgIpc) is 2.19. The number of nitrogens with one attached hydrogen (secondary N) is 1. The van der Waals surface area contributed by atoms with Gasteiger partial charge in [0.1, 0.15) is 5.75 Å². The molecule has 0 bridgehead atoms. The summed E-state index contributed by atoms with van der Waals surface area (Å²) in [5, 5.41) is 12.2. The second kappa shape index (κ2) is 5.61. The maximum absolute atomic E-state index is 11.4. The Morgan fingerprint density at radius 2 is 2.27 bits per heavy atom. The van der Waals surface area contributed by atoms with E-state index < -0.39 is 0 Å². The molecule has 0 unspecified atom stereocenters. The van der Waals surface area contributed by atoms with Gasteiger partial charge in [-0.15, -0.1) is 0 Å². The second-order valence-electron chi connectivity index (χ2n) is 3.32. The van der Waals surface area contributed by atoms with Crippen molar-refractivity contribution in [1.29, 1.82) is 0 Å². The predicted molar refractivity (Wildman–Crippen MR) is 61.3 cm³/mol. The highest BCUT2D eigenvalue weighted by atomic mass is 35.5. The Labute approximate surface area is 94.1 Å². The summed E-state index contributed by atoms with van der Waals surface area (Å²) in [6.07, 6.45) is 2.34. The van der Waals surface area contributed by atoms with Gasteiger partial charge in [0.25, 0.3) is 0 Å². The van der Waals surface area contributed by atoms with E-state index in [1.807, 2.05) is 6.92 Å². The van der Waals surface area contributed by atoms with Crippen molar-refractivity contribution in [3.63, 3.8) is 0 Å². The van der Waals surface area contributed by atoms with Crippen molar-refractivity contribution in [3.05, 3.63) is 23.2 Å². The average molecular weight is 228 g/mol. The Morgan fingerprint density at radius 1 is 1.53 bits per heavy atom. The van der Waals surface area contributed by atoms with Gasteiger partial charge in [-0.2, -0.15) is 0 Å². The van der Waals surface area contributed by atoms with E-state index in [1.54, 1.807) is 6.07 Å². The van der Waals surface area contributed by atoms with Crippen molar-refractivity contribution in [3.8, 4) is 5.75 Å². The van der Waals surface area contributed by atoms with Gasteiger partial charge in [-0.1, -0.05) is 24.9 Å². The summed E-state index contributed by atoms with van der Waals surface area (Å²) in [6.45, 7) is 2.03. The Balaban J connectivity index is 2.60. The minimum absolute atomic E-state index is 0.0514. The number of carbonyl (C=O) groups is 1. The zero-order valence-corrected chi connectivity index (χ0v) is 9.34. The smallest absolute Gasteiger partial charge is 0.224 e. The van der Waals surface area contributed by atoms with Crippen LogP contribution in [0.5, 0.6) is 5.75 Å². The van der Waals surface area contributed by atoms with Crippen molar-refractivity contribution >= 4 is 23.2 Å². The number of carbonyl (C=O) groups excluding carboxylic acids is 1. The number of unbranched alkanes of at least 4 members (excludes halogenated alkanes) is 1. The summed E-state index contributed by atoms with van der Waals surface area (Å²) in [5.74, 6) is 0.0380. The van der Waals surface area contributed by atoms with Crippen LogP contribution in [0.4, 0.5) is 5.69 Å². The van der Waals surface area contributed by atoms with E-state index in [4.69, 9.17) is 16.7 Å². The molecule has 1 aromatic rings. The first-order chi connectivity index (χ1) is 7.13. The van der Waals surface area contributed by atoms with Crippen molar-refractivity contribution in [2.24, 2.45) is 0 Å². The summed E-state index contributed by atoms with van der Waals surface area (Å²) < 4.78 is 0. The fourth-order valence-corrected chi connectivity index (χ4v) is 1.38. The number of benzene rings is 1. The van der Waals surface area contributed by atoms with Crippen LogP contribution in [-0.4, -0.2) is 11.0 Å². The van der Waals surface area contributed by atoms with Gasteiger partial charge in [0.15, 0.2) is 0 Å². The molecular formula is C11H14ClNO2. The van der Waals surface area contributed by atoms with Gasteiger partial charge in [-0.3, -0.25) is 4.79 Å². The lowest BCUT2D eigenvalue weighted by atomic mass is 10.2. The largest absolute Gasteiger partial charge is 0.508 e. The molecule has 4 heteroatoms. The molecule has 82 valence electrons. The van der Waals surface area contributed by atoms with Crippen LogP contribution >= 0.6 is 11.6 Å². The van der Waals surface area contributed by atoms with Crippen LogP contribution in [0.3, 0.4) is 0 Å². The third-order valence-electron chi connectivity index (χ3n) is 1.98. The van der Waals surface area contributed by atoms with Gasteiger partial charge >= 0.3 is 0 Å². The van der Waals surface area contributed by atoms with E-state index in [0.29, 0.717) is 17.1 Å². The molecule has 0 aromatic heterocycles. The standard InChI is InChI=1S/C11H14ClNO2/c1-2-3-4-11(15)13-10-6-5-8(14)7-9(10)12/h5-7,14H,2-4H2,1H3,(H,13,15). The fraction of sp³-hybridized carbons (Fsp3) is 0.364. The number of aromatic hydroxyl groups is 1. The SMILES string of the molecule is CCCCC(=O)Nc1ccc(O)cc1Cl. The Kier molecular flexibility index (Phi) is 4.43. The first kappa shape index (κ1) is 11.9. The first-order valence-electron chi connectivity index (χ1n) is 4.92. The lowest BCUT2D eigenvalue weighted by Crippen LogP contribution is -2.11. The molecule has 2 N–H and O–H groups in total. The minimum atomic E-state index is -0.0514. The molecule has 0 heterocycles. The summed E-state index contributed by atoms with van der Waals surface area (Å²) in [6, 6.07) is 4.47. The summed E-state index contributed by atoms with van der Waals surface area (Å²) >= 11 is 5.83. The summed E-state index contributed by atoms with van der Waals surface area (Å²) in [7, 11) is 0. The highest BCUT2D eigenvalue weighted by Crippen LogP contribution is 2.25. The van der Waals surface area contributed by atoms with Crippen LogP contribution < -0.4 is 5.32 Å². The highest BCUT2D eigenvalue weighted by Gasteiger charge is 2.05. The van der Waals surface area contributed by atoms with Crippen molar-refractivity contribution in [2.75, 3.05) is 5.32 Å². The van der Waals surface area contributed by atoms with Crippen LogP contribution in [0.25, 0.3) is 0 Å². The molecule has 3 nitrogen and oxygen atoms in total. The Hall–Kier alpha value is -1.22. The quantitative estimate of drug-likeness (QED) is 0.777. The van der Waals surface area contributed by atoms with Crippen molar-refractivity contribution in [2.45, 2.75) is 26.2 Å². The molecule has 0 saturated carbocycles. The second-order valence-corrected chi connectivity index (χ2v) is 3.72. The molecule has 0 aliphatic heterocycles. The highest BCUT2D eigenvalue weighted by molar-refractivity contribution is 6.33. The number of rotatable bonds is 4. The maximum Gasteiger partial charge on any atom is 0.224 e. The monoisotopic (exact) mass is 227 g/mol. The topological polar surface area (TPSA) is 49.3 Å². The van der Waals surface area contributed by atoms with Gasteiger partial charge in [0.05, 0.1) is 10.7 Å². The first-order valence-corrected chi connectivity index (χ1v) is 5.29. The van der Waals surface area contributed by atoms with Gasteiger partial charge in [0.2, 0.25) is 5.91 Å². The molecule has 0 spiro atoms. The van der Waals surface area contributed by atoms with Gasteiger partial charge in [-0.25, -0.2) is 0 Å². The van der Waals surface area contributed by atoms with E-state index in [0.717, 1.165) is 12.8 Å². The Morgan fingerprint density at radius 3 is 2.87 bits per heavy atom. The zero-order valence-electron chi connectivity index (χ0n) is 8.59. The van der Waals surface area contributed by atoms with E-state index >= 15 is 0 Å². The number of phenolic OH excluding ortho intramolecular Hbond substituents is 1. The number of phenols is 1. The van der Waals surface area contributed by atoms with E-state index in [9.17, 15) is 4.79 Å². The summed E-state index contributed by atoms with van der Waals surface area (Å²) in [4.78, 5) is 11.4. The molecule has 0 aliphatic rings. The van der Waals surface area contributed by atoms with Crippen LogP contribution in [-0.2, 0) is 4.79 Å². The zero-order chi connectivity index (χ0) is 11.3. The summed E-state index contributed by atoms with van der Waals surface area (Å²) in [5.41, 5.74) is 0.538. The third-order valence-corrected chi connectivity index (χ3v) is 2.30. The van der Waals surface area contributed by atoms with Crippen LogP contribution in [0.2, 0.25) is 5.02 Å². The van der Waals surface area contributed by atoms with Crippen LogP contribution in [0, 0.1) is 0 Å². The molecule has 0 radical (unpaired) electrons. The molecule has 15 heavy (non-hydrogen) atoms. The van der Waals surface area contributed by atoms with E-state index in [-0.39, 0.29) is 11.7 Å².